The number of quaternary nitrogens is 1. The molecule has 4 aliphatic rings. The van der Waals surface area contributed by atoms with Crippen LogP contribution in [0.2, 0.25) is 0 Å². The monoisotopic (exact) mass is 639 g/mol. The Hall–Kier alpha value is -3.69. The van der Waals surface area contributed by atoms with E-state index >= 15 is 0 Å². The van der Waals surface area contributed by atoms with Crippen molar-refractivity contribution in [2.75, 3.05) is 58.2 Å². The van der Waals surface area contributed by atoms with Gasteiger partial charge in [-0.1, -0.05) is 24.3 Å². The summed E-state index contributed by atoms with van der Waals surface area (Å²) in [5, 5.41) is 7.72. The van der Waals surface area contributed by atoms with Gasteiger partial charge in [-0.05, 0) is 104 Å². The summed E-state index contributed by atoms with van der Waals surface area (Å²) >= 11 is 0. The lowest BCUT2D eigenvalue weighted by atomic mass is 9.78. The molecule has 0 bridgehead atoms. The first kappa shape index (κ1) is 31.9. The lowest BCUT2D eigenvalue weighted by Crippen LogP contribution is -2.58. The molecule has 5 heterocycles. The molecule has 0 radical (unpaired) electrons. The number of piperidine rings is 3. The number of para-hydroxylation sites is 1. The number of rotatable bonds is 7. The minimum Gasteiger partial charge on any atom is -0.361 e. The first-order chi connectivity index (χ1) is 22.9. The summed E-state index contributed by atoms with van der Waals surface area (Å²) in [5.74, 6) is 1.38. The average Bonchev–Trinajstić information content (AvgIpc) is 3.50. The molecule has 1 atom stereocenters. The van der Waals surface area contributed by atoms with Gasteiger partial charge < -0.3 is 25.4 Å². The molecule has 47 heavy (non-hydrogen) atoms. The maximum atomic E-state index is 14.5. The summed E-state index contributed by atoms with van der Waals surface area (Å²) in [7, 11) is 2.11. The number of nitrogens with one attached hydrogen (secondary N) is 3. The summed E-state index contributed by atoms with van der Waals surface area (Å²) in [5.41, 5.74) is 4.24. The molecular weight excluding hydrogens is 588 g/mol. The third kappa shape index (κ3) is 6.97. The van der Waals surface area contributed by atoms with E-state index in [0.29, 0.717) is 36.5 Å². The predicted molar refractivity (Wildman–Crippen MR) is 185 cm³/mol. The fraction of sp³-hybridized carbons (Fsp3) is 0.553. The largest absolute Gasteiger partial charge is 0.361 e. The number of urea groups is 1. The zero-order chi connectivity index (χ0) is 32.4. The molecule has 7 rings (SSSR count). The number of hydrogen-bond donors (Lipinski definition) is 3. The average molecular weight is 640 g/mol. The van der Waals surface area contributed by atoms with E-state index in [1.165, 1.54) is 12.8 Å². The number of aromatic amines is 1. The number of fused-ring (bicyclic) bond motifs is 2. The molecule has 0 saturated carbocycles. The molecule has 4 amide bonds. The van der Waals surface area contributed by atoms with Crippen molar-refractivity contribution in [3.05, 3.63) is 65.9 Å². The topological polar surface area (TPSA) is 97.5 Å². The highest BCUT2D eigenvalue weighted by atomic mass is 16.2. The standard InChI is InChI=1S/C38H50N6O3/c1-44(22-14-29(15-23-44)28-8-16-39-17-9-28)37(46)32(25-27-6-7-34-31(24-27)10-18-40-34)26-36(45)42-19-12-33(13-20-42)43-21-11-30-4-2-3-5-35(30)41-38(43)47/h2-7,10,18,24,28-29,32-33,39-40H,8-9,11-17,19-23,25-26H2,1H3/p+1. The summed E-state index contributed by atoms with van der Waals surface area (Å²) in [6.07, 6.45) is 9.74. The van der Waals surface area contributed by atoms with Gasteiger partial charge >= 0.3 is 11.9 Å². The fourth-order valence-corrected chi connectivity index (χ4v) is 8.87. The number of carbonyl (C=O) groups excluding carboxylic acids is 3. The van der Waals surface area contributed by atoms with E-state index in [4.69, 9.17) is 0 Å². The molecule has 9 nitrogen and oxygen atoms in total. The normalized spacial score (nSPS) is 25.2. The Bertz CT molecular complexity index is 1580. The van der Waals surface area contributed by atoms with Gasteiger partial charge in [-0.25, -0.2) is 9.59 Å². The lowest BCUT2D eigenvalue weighted by molar-refractivity contribution is -0.843. The number of likely N-dealkylation sites (tertiary alicyclic amines) is 2. The second-order valence-corrected chi connectivity index (χ2v) is 14.8. The molecule has 1 unspecified atom stereocenters. The summed E-state index contributed by atoms with van der Waals surface area (Å²) in [6.45, 7) is 5.85. The molecule has 250 valence electrons. The third-order valence-corrected chi connectivity index (χ3v) is 11.8. The highest BCUT2D eigenvalue weighted by Gasteiger charge is 2.43. The Morgan fingerprint density at radius 3 is 2.45 bits per heavy atom. The van der Waals surface area contributed by atoms with Gasteiger partial charge in [0, 0.05) is 62.3 Å². The minimum absolute atomic E-state index is 0.0503. The number of nitrogens with zero attached hydrogens (tertiary/aromatic N) is 3. The number of hydrogen-bond acceptors (Lipinski definition) is 4. The van der Waals surface area contributed by atoms with Crippen molar-refractivity contribution >= 4 is 34.4 Å². The quantitative estimate of drug-likeness (QED) is 0.311. The van der Waals surface area contributed by atoms with Crippen LogP contribution < -0.4 is 10.6 Å². The van der Waals surface area contributed by atoms with Gasteiger partial charge in [-0.15, -0.1) is 0 Å². The van der Waals surface area contributed by atoms with Gasteiger partial charge in [0.15, 0.2) is 0 Å². The van der Waals surface area contributed by atoms with Crippen LogP contribution in [0.5, 0.6) is 0 Å². The molecular formula is C38H51N6O3+. The van der Waals surface area contributed by atoms with E-state index in [9.17, 15) is 14.4 Å². The second kappa shape index (κ2) is 13.8. The Labute approximate surface area is 278 Å². The summed E-state index contributed by atoms with van der Waals surface area (Å²) in [4.78, 5) is 48.7. The Kier molecular flexibility index (Phi) is 9.37. The van der Waals surface area contributed by atoms with Crippen LogP contribution in [0.1, 0.15) is 56.1 Å². The molecule has 3 N–H and O–H groups in total. The van der Waals surface area contributed by atoms with Crippen LogP contribution in [0, 0.1) is 17.8 Å². The van der Waals surface area contributed by atoms with Gasteiger partial charge in [0.25, 0.3) is 0 Å². The first-order valence-corrected chi connectivity index (χ1v) is 18.0. The van der Waals surface area contributed by atoms with E-state index in [2.05, 4.69) is 53.0 Å². The zero-order valence-corrected chi connectivity index (χ0v) is 27.9. The second-order valence-electron chi connectivity index (χ2n) is 14.8. The number of carbonyl (C=O) groups is 3. The highest BCUT2D eigenvalue weighted by molar-refractivity contribution is 5.91. The Morgan fingerprint density at radius 1 is 0.915 bits per heavy atom. The van der Waals surface area contributed by atoms with E-state index < -0.39 is 0 Å². The van der Waals surface area contributed by atoms with Crippen LogP contribution >= 0.6 is 0 Å². The van der Waals surface area contributed by atoms with Crippen LogP contribution in [-0.4, -0.2) is 96.0 Å². The van der Waals surface area contributed by atoms with E-state index in [-0.39, 0.29) is 36.2 Å². The van der Waals surface area contributed by atoms with Crippen LogP contribution in [0.25, 0.3) is 10.9 Å². The van der Waals surface area contributed by atoms with Gasteiger partial charge in [-0.3, -0.25) is 9.28 Å². The van der Waals surface area contributed by atoms with Gasteiger partial charge in [0.2, 0.25) is 5.91 Å². The van der Waals surface area contributed by atoms with Crippen LogP contribution in [0.4, 0.5) is 10.5 Å². The van der Waals surface area contributed by atoms with Crippen LogP contribution in [0.3, 0.4) is 0 Å². The number of aromatic nitrogens is 1. The maximum Gasteiger partial charge on any atom is 0.322 e. The number of H-pyrrole nitrogens is 1. The first-order valence-electron chi connectivity index (χ1n) is 18.0. The summed E-state index contributed by atoms with van der Waals surface area (Å²) in [6, 6.07) is 16.5. The molecule has 1 aromatic heterocycles. The Balaban J connectivity index is 1.01. The molecule has 9 heteroatoms. The van der Waals surface area contributed by atoms with E-state index in [1.54, 1.807) is 0 Å². The fourth-order valence-electron chi connectivity index (χ4n) is 8.87. The molecule has 3 aromatic rings. The van der Waals surface area contributed by atoms with Crippen LogP contribution in [0.15, 0.2) is 54.7 Å². The predicted octanol–water partition coefficient (Wildman–Crippen LogP) is 5.18. The van der Waals surface area contributed by atoms with Crippen molar-refractivity contribution < 1.29 is 18.9 Å². The van der Waals surface area contributed by atoms with E-state index in [0.717, 1.165) is 91.9 Å². The van der Waals surface area contributed by atoms with Gasteiger partial charge in [0.1, 0.15) is 0 Å². The maximum absolute atomic E-state index is 14.5. The molecule has 3 fully saturated rings. The molecule has 4 aliphatic heterocycles. The third-order valence-electron chi connectivity index (χ3n) is 11.8. The van der Waals surface area contributed by atoms with Crippen molar-refractivity contribution in [3.8, 4) is 0 Å². The SMILES string of the molecule is C[N+]1(C(=O)C(CC(=O)N2CCC(N3CCc4ccccc4NC3=O)CC2)Cc2ccc3[nH]ccc3c2)CCC(C2CCNCC2)CC1. The smallest absolute Gasteiger partial charge is 0.322 e. The van der Waals surface area contributed by atoms with Crippen molar-refractivity contribution in [2.45, 2.75) is 63.8 Å². The van der Waals surface area contributed by atoms with Gasteiger partial charge in [0.05, 0.1) is 26.1 Å². The highest BCUT2D eigenvalue weighted by Crippen LogP contribution is 2.35. The number of amides is 4. The zero-order valence-electron chi connectivity index (χ0n) is 27.9. The molecule has 2 aromatic carbocycles. The summed E-state index contributed by atoms with van der Waals surface area (Å²) < 4.78 is 0.431. The lowest BCUT2D eigenvalue weighted by Gasteiger charge is -2.43. The Morgan fingerprint density at radius 2 is 1.66 bits per heavy atom. The van der Waals surface area contributed by atoms with Crippen molar-refractivity contribution in [1.82, 2.24) is 20.1 Å². The minimum atomic E-state index is -0.369. The van der Waals surface area contributed by atoms with Gasteiger partial charge in [-0.2, -0.15) is 0 Å². The van der Waals surface area contributed by atoms with Crippen molar-refractivity contribution in [2.24, 2.45) is 17.8 Å². The molecule has 0 spiro atoms. The number of anilines is 1. The van der Waals surface area contributed by atoms with Crippen LogP contribution in [-0.2, 0) is 22.4 Å². The van der Waals surface area contributed by atoms with E-state index in [1.807, 2.05) is 34.2 Å². The van der Waals surface area contributed by atoms with Crippen molar-refractivity contribution in [1.29, 1.82) is 0 Å². The molecule has 3 saturated heterocycles. The van der Waals surface area contributed by atoms with Crippen molar-refractivity contribution in [3.63, 3.8) is 0 Å². The molecule has 0 aliphatic carbocycles. The number of benzene rings is 2.